The van der Waals surface area contributed by atoms with Gasteiger partial charge in [-0.1, -0.05) is 24.3 Å². The van der Waals surface area contributed by atoms with E-state index in [2.05, 4.69) is 20.2 Å². The summed E-state index contributed by atoms with van der Waals surface area (Å²) in [4.78, 5) is 1.45. The molecule has 0 bridgehead atoms. The Balaban J connectivity index is 1.37. The fourth-order valence-electron chi connectivity index (χ4n) is 4.05. The molecule has 1 atom stereocenters. The predicted octanol–water partition coefficient (Wildman–Crippen LogP) is 4.74. The van der Waals surface area contributed by atoms with Gasteiger partial charge in [-0.25, -0.2) is 8.42 Å². The van der Waals surface area contributed by atoms with E-state index < -0.39 is 10.0 Å². The Morgan fingerprint density at radius 3 is 2.85 bits per heavy atom. The normalized spacial score (nSPS) is 16.4. The molecule has 5 rings (SSSR count). The van der Waals surface area contributed by atoms with Crippen LogP contribution in [0, 0.1) is 0 Å². The minimum atomic E-state index is -3.82. The topological polar surface area (TPSA) is 81.6 Å². The van der Waals surface area contributed by atoms with Crippen molar-refractivity contribution in [3.8, 4) is 5.75 Å². The summed E-state index contributed by atoms with van der Waals surface area (Å²) in [7, 11) is -3.82. The first-order chi connectivity index (χ1) is 16.6. The van der Waals surface area contributed by atoms with Crippen molar-refractivity contribution in [2.45, 2.75) is 36.8 Å². The highest BCUT2D eigenvalue weighted by molar-refractivity contribution is 7.89. The van der Waals surface area contributed by atoms with Crippen LogP contribution < -0.4 is 4.74 Å². The monoisotopic (exact) mass is 515 g/mol. The molecular weight excluding hydrogens is 490 g/mol. The number of thiophene rings is 1. The number of nitrogens with zero attached hydrogens (tertiary/aromatic N) is 3. The molecule has 34 heavy (non-hydrogen) atoms. The van der Waals surface area contributed by atoms with Crippen LogP contribution in [0.2, 0.25) is 0 Å². The quantitative estimate of drug-likeness (QED) is 0.303. The zero-order valence-electron chi connectivity index (χ0n) is 18.5. The lowest BCUT2D eigenvalue weighted by Crippen LogP contribution is -2.37. The van der Waals surface area contributed by atoms with Crippen molar-refractivity contribution in [3.05, 3.63) is 70.4 Å². The molecule has 2 aromatic heterocycles. The maximum absolute atomic E-state index is 13.8. The van der Waals surface area contributed by atoms with E-state index in [1.807, 2.05) is 30.3 Å². The molecule has 0 saturated carbocycles. The maximum Gasteiger partial charge on any atom is 0.245 e. The van der Waals surface area contributed by atoms with Crippen LogP contribution in [-0.4, -0.2) is 47.3 Å². The van der Waals surface area contributed by atoms with Crippen molar-refractivity contribution < 1.29 is 17.9 Å². The van der Waals surface area contributed by atoms with Crippen LogP contribution in [0.25, 0.3) is 11.0 Å². The van der Waals surface area contributed by atoms with Crippen molar-refractivity contribution in [2.75, 3.05) is 19.8 Å². The highest BCUT2D eigenvalue weighted by Gasteiger charge is 2.31. The van der Waals surface area contributed by atoms with Crippen LogP contribution in [0.3, 0.4) is 0 Å². The first-order valence-electron chi connectivity index (χ1n) is 11.2. The van der Waals surface area contributed by atoms with Gasteiger partial charge in [0.25, 0.3) is 0 Å². The third-order valence-electron chi connectivity index (χ3n) is 5.75. The Labute approximate surface area is 207 Å². The maximum atomic E-state index is 13.8. The third-order valence-corrected chi connectivity index (χ3v) is 9.07. The van der Waals surface area contributed by atoms with Crippen LogP contribution in [0.5, 0.6) is 5.75 Å². The fourth-order valence-corrected chi connectivity index (χ4v) is 6.96. The molecule has 7 nitrogen and oxygen atoms in total. The van der Waals surface area contributed by atoms with Crippen LogP contribution in [0.15, 0.2) is 64.9 Å². The zero-order chi connectivity index (χ0) is 23.4. The van der Waals surface area contributed by atoms with Gasteiger partial charge in [-0.05, 0) is 54.1 Å². The van der Waals surface area contributed by atoms with Crippen molar-refractivity contribution in [1.29, 1.82) is 0 Å². The summed E-state index contributed by atoms with van der Waals surface area (Å²) < 4.78 is 49.3. The lowest BCUT2D eigenvalue weighted by atomic mass is 10.2. The van der Waals surface area contributed by atoms with Crippen LogP contribution in [-0.2, 0) is 27.7 Å². The van der Waals surface area contributed by atoms with Gasteiger partial charge in [0, 0.05) is 31.0 Å². The lowest BCUT2D eigenvalue weighted by Gasteiger charge is -2.25. The predicted molar refractivity (Wildman–Crippen MR) is 134 cm³/mol. The average Bonchev–Trinajstić information content (AvgIpc) is 3.61. The molecule has 0 spiro atoms. The molecule has 4 aromatic rings. The fraction of sp³-hybridized carbons (Fsp3) is 0.333. The number of hydrogen-bond acceptors (Lipinski definition) is 8. The van der Waals surface area contributed by atoms with E-state index in [1.165, 1.54) is 9.18 Å². The second kappa shape index (κ2) is 10.5. The Hall–Kier alpha value is -2.37. The SMILES string of the molecule is O=S(=O)(c1cccc2nsnc12)N(Cc1cccc(OCCc2cccs2)c1)C[C@H]1CCCO1. The molecular formula is C24H25N3O4S3. The van der Waals surface area contributed by atoms with Crippen LogP contribution in [0.4, 0.5) is 0 Å². The van der Waals surface area contributed by atoms with E-state index in [4.69, 9.17) is 9.47 Å². The summed E-state index contributed by atoms with van der Waals surface area (Å²) in [5.74, 6) is 0.731. The molecule has 10 heteroatoms. The van der Waals surface area contributed by atoms with Gasteiger partial charge in [0.15, 0.2) is 0 Å². The number of fused-ring (bicyclic) bond motifs is 1. The second-order valence-electron chi connectivity index (χ2n) is 8.15. The molecule has 0 aliphatic carbocycles. The van der Waals surface area contributed by atoms with E-state index in [9.17, 15) is 8.42 Å². The van der Waals surface area contributed by atoms with Gasteiger partial charge in [-0.3, -0.25) is 0 Å². The molecule has 0 unspecified atom stereocenters. The standard InChI is InChI=1S/C24H25N3O4S3/c28-34(29,23-10-2-9-22-24(23)26-33-25-22)27(17-20-7-3-12-30-20)16-18-5-1-6-19(15-18)31-13-11-21-8-4-14-32-21/h1-2,4-6,8-10,14-15,20H,3,7,11-13,16-17H2/t20-/m1/s1. The number of sulfonamides is 1. The van der Waals surface area contributed by atoms with Gasteiger partial charge in [0.1, 0.15) is 21.7 Å². The second-order valence-corrected chi connectivity index (χ2v) is 11.6. The molecule has 0 N–H and O–H groups in total. The molecule has 3 heterocycles. The molecule has 1 aliphatic rings. The summed E-state index contributed by atoms with van der Waals surface area (Å²) >= 11 is 2.73. The van der Waals surface area contributed by atoms with Gasteiger partial charge in [-0.15, -0.1) is 11.3 Å². The Morgan fingerprint density at radius 1 is 1.12 bits per heavy atom. The van der Waals surface area contributed by atoms with Gasteiger partial charge < -0.3 is 9.47 Å². The largest absolute Gasteiger partial charge is 0.493 e. The molecule has 2 aromatic carbocycles. The van der Waals surface area contributed by atoms with E-state index in [-0.39, 0.29) is 17.5 Å². The first kappa shape index (κ1) is 23.4. The molecule has 0 radical (unpaired) electrons. The summed E-state index contributed by atoms with van der Waals surface area (Å²) in [5, 5.41) is 2.06. The Kier molecular flexibility index (Phi) is 7.21. The Bertz CT molecular complexity index is 1330. The highest BCUT2D eigenvalue weighted by atomic mass is 32.2. The van der Waals surface area contributed by atoms with Gasteiger partial charge in [0.05, 0.1) is 24.4 Å². The van der Waals surface area contributed by atoms with E-state index in [1.54, 1.807) is 29.5 Å². The van der Waals surface area contributed by atoms with Crippen LogP contribution >= 0.6 is 23.1 Å². The van der Waals surface area contributed by atoms with E-state index >= 15 is 0 Å². The molecule has 0 amide bonds. The number of benzene rings is 2. The third kappa shape index (κ3) is 5.31. The smallest absolute Gasteiger partial charge is 0.245 e. The summed E-state index contributed by atoms with van der Waals surface area (Å²) in [5.41, 5.74) is 1.86. The molecule has 178 valence electrons. The number of rotatable bonds is 10. The van der Waals surface area contributed by atoms with E-state index in [0.717, 1.165) is 42.3 Å². The summed E-state index contributed by atoms with van der Waals surface area (Å²) in [6, 6.07) is 16.9. The van der Waals surface area contributed by atoms with Gasteiger partial charge in [0.2, 0.25) is 10.0 Å². The van der Waals surface area contributed by atoms with Crippen molar-refractivity contribution in [2.24, 2.45) is 0 Å². The number of aromatic nitrogens is 2. The van der Waals surface area contributed by atoms with Gasteiger partial charge >= 0.3 is 0 Å². The van der Waals surface area contributed by atoms with Crippen molar-refractivity contribution in [1.82, 2.24) is 13.1 Å². The van der Waals surface area contributed by atoms with Crippen molar-refractivity contribution >= 4 is 44.1 Å². The Morgan fingerprint density at radius 2 is 2.03 bits per heavy atom. The van der Waals surface area contributed by atoms with E-state index in [0.29, 0.717) is 30.8 Å². The number of ether oxygens (including phenoxy) is 2. The summed E-state index contributed by atoms with van der Waals surface area (Å²) in [6.45, 7) is 1.75. The molecule has 1 aliphatic heterocycles. The van der Waals surface area contributed by atoms with Crippen LogP contribution in [0.1, 0.15) is 23.3 Å². The molecule has 1 fully saturated rings. The zero-order valence-corrected chi connectivity index (χ0v) is 20.9. The summed E-state index contributed by atoms with van der Waals surface area (Å²) in [6.07, 6.45) is 2.51. The van der Waals surface area contributed by atoms with Gasteiger partial charge in [-0.2, -0.15) is 13.1 Å². The number of hydrogen-bond donors (Lipinski definition) is 0. The lowest BCUT2D eigenvalue weighted by molar-refractivity contribution is 0.0926. The average molecular weight is 516 g/mol. The minimum Gasteiger partial charge on any atom is -0.493 e. The molecule has 1 saturated heterocycles. The first-order valence-corrected chi connectivity index (χ1v) is 14.2. The minimum absolute atomic E-state index is 0.118. The van der Waals surface area contributed by atoms with Crippen molar-refractivity contribution in [3.63, 3.8) is 0 Å². The highest BCUT2D eigenvalue weighted by Crippen LogP contribution is 2.28.